The highest BCUT2D eigenvalue weighted by Gasteiger charge is 2.28. The number of halogens is 4. The maximum Gasteiger partial charge on any atom is 0.258 e. The molecule has 5 aromatic carbocycles. The minimum atomic E-state index is -1.66. The standard InChI is InChI=1S/C44H38Cl4N8O8/c1-23(57)39(55-53-33-15-27(13-29(47)17-33)41(59)49-31-9-5-25(21-45)6-10-31)43(61)51-35-19-38(64-4)36(20-37(35)63-3)52-44(62)40(24(2)58)56-54-34-16-28(14-30(48)18-34)42(60)50-32-11-7-26(22-46)8-12-32/h5-20,39-40H,21-22H2,1-4H3,(H,49,59)(H,50,60)(H,51,61)(H,52,62). The van der Waals surface area contributed by atoms with Gasteiger partial charge in [0.2, 0.25) is 12.1 Å². The number of azo groups is 2. The minimum Gasteiger partial charge on any atom is -0.494 e. The highest BCUT2D eigenvalue weighted by atomic mass is 35.5. The smallest absolute Gasteiger partial charge is 0.258 e. The summed E-state index contributed by atoms with van der Waals surface area (Å²) in [6.45, 7) is 2.28. The Morgan fingerprint density at radius 3 is 1.20 bits per heavy atom. The van der Waals surface area contributed by atoms with E-state index in [1.54, 1.807) is 48.5 Å². The monoisotopic (exact) mass is 946 g/mol. The van der Waals surface area contributed by atoms with Crippen molar-refractivity contribution in [1.29, 1.82) is 0 Å². The first-order chi connectivity index (χ1) is 30.6. The van der Waals surface area contributed by atoms with Gasteiger partial charge in [0.25, 0.3) is 23.6 Å². The average molecular weight is 949 g/mol. The molecule has 0 aliphatic carbocycles. The van der Waals surface area contributed by atoms with Crippen LogP contribution in [0, 0.1) is 0 Å². The number of methoxy groups -OCH3 is 2. The normalized spacial score (nSPS) is 12.0. The van der Waals surface area contributed by atoms with Crippen molar-refractivity contribution in [3.05, 3.63) is 129 Å². The summed E-state index contributed by atoms with van der Waals surface area (Å²) in [6, 6.07) is 21.5. The third-order valence-corrected chi connectivity index (χ3v) is 9.96. The number of nitrogens with zero attached hydrogens (tertiary/aromatic N) is 4. The van der Waals surface area contributed by atoms with Gasteiger partial charge in [-0.25, -0.2) is 0 Å². The van der Waals surface area contributed by atoms with Crippen LogP contribution in [0.1, 0.15) is 45.7 Å². The van der Waals surface area contributed by atoms with Gasteiger partial charge < -0.3 is 30.7 Å². The molecule has 20 heteroatoms. The fraction of sp³-hybridized carbons (Fsp3) is 0.182. The number of carbonyl (C=O) groups excluding carboxylic acids is 6. The number of Topliss-reactive ketones (excluding diaryl/α,β-unsaturated/α-hetero) is 2. The lowest BCUT2D eigenvalue weighted by Gasteiger charge is -2.18. The van der Waals surface area contributed by atoms with Crippen LogP contribution in [0.25, 0.3) is 0 Å². The van der Waals surface area contributed by atoms with Crippen molar-refractivity contribution in [1.82, 2.24) is 0 Å². The SMILES string of the molecule is COc1cc(NC(=O)C(N=Nc2cc(Cl)cc(C(=O)Nc3ccc(CCl)cc3)c2)C(C)=O)c(OC)cc1NC(=O)C(N=Nc1cc(Cl)cc(C(=O)Nc2ccc(CCl)cc2)c1)C(C)=O. The molecule has 0 aromatic heterocycles. The summed E-state index contributed by atoms with van der Waals surface area (Å²) in [4.78, 5) is 78.3. The number of nitrogens with one attached hydrogen (secondary N) is 4. The first-order valence-corrected chi connectivity index (χ1v) is 20.7. The second kappa shape index (κ2) is 22.6. The van der Waals surface area contributed by atoms with Gasteiger partial charge in [-0.3, -0.25) is 28.8 Å². The maximum absolute atomic E-state index is 13.5. The first kappa shape index (κ1) is 48.3. The number of hydrogen-bond acceptors (Lipinski definition) is 12. The fourth-order valence-electron chi connectivity index (χ4n) is 5.67. The molecule has 0 aliphatic rings. The van der Waals surface area contributed by atoms with Crippen LogP contribution in [0.5, 0.6) is 11.5 Å². The molecule has 2 unspecified atom stereocenters. The van der Waals surface area contributed by atoms with E-state index in [1.165, 1.54) is 62.8 Å². The fourth-order valence-corrected chi connectivity index (χ4v) is 6.48. The van der Waals surface area contributed by atoms with Crippen molar-refractivity contribution in [2.45, 2.75) is 37.7 Å². The largest absolute Gasteiger partial charge is 0.494 e. The average Bonchev–Trinajstić information content (AvgIpc) is 3.26. The van der Waals surface area contributed by atoms with Gasteiger partial charge in [-0.2, -0.15) is 20.5 Å². The first-order valence-electron chi connectivity index (χ1n) is 18.8. The van der Waals surface area contributed by atoms with E-state index in [-0.39, 0.29) is 55.4 Å². The Morgan fingerprint density at radius 1 is 0.531 bits per heavy atom. The highest BCUT2D eigenvalue weighted by Crippen LogP contribution is 2.37. The number of benzene rings is 5. The zero-order valence-corrected chi connectivity index (χ0v) is 37.4. The quantitative estimate of drug-likeness (QED) is 0.0375. The minimum absolute atomic E-state index is 0.00667. The van der Waals surface area contributed by atoms with Crippen LogP contribution in [0.15, 0.2) is 118 Å². The van der Waals surface area contributed by atoms with Gasteiger partial charge in [-0.05, 0) is 85.6 Å². The molecular weight excluding hydrogens is 910 g/mol. The molecule has 0 fully saturated rings. The molecule has 2 atom stereocenters. The Morgan fingerprint density at radius 2 is 0.891 bits per heavy atom. The van der Waals surface area contributed by atoms with Crippen molar-refractivity contribution in [2.24, 2.45) is 20.5 Å². The summed E-state index contributed by atoms with van der Waals surface area (Å²) in [6.07, 6.45) is 0. The number of hydrogen-bond donors (Lipinski definition) is 4. The van der Waals surface area contributed by atoms with Crippen molar-refractivity contribution < 1.29 is 38.2 Å². The summed E-state index contributed by atoms with van der Waals surface area (Å²) in [7, 11) is 2.58. The molecule has 0 heterocycles. The van der Waals surface area contributed by atoms with Crippen LogP contribution in [-0.4, -0.2) is 61.5 Å². The predicted molar refractivity (Wildman–Crippen MR) is 246 cm³/mol. The lowest BCUT2D eigenvalue weighted by molar-refractivity contribution is -0.127. The van der Waals surface area contributed by atoms with Crippen LogP contribution in [0.3, 0.4) is 0 Å². The molecule has 0 saturated carbocycles. The molecule has 5 rings (SSSR count). The molecule has 4 N–H and O–H groups in total. The zero-order valence-electron chi connectivity index (χ0n) is 34.4. The molecule has 0 spiro atoms. The summed E-state index contributed by atoms with van der Waals surface area (Å²) < 4.78 is 10.9. The second-order valence-electron chi connectivity index (χ2n) is 13.7. The van der Waals surface area contributed by atoms with E-state index in [2.05, 4.69) is 41.7 Å². The molecule has 0 bridgehead atoms. The summed E-state index contributed by atoms with van der Waals surface area (Å²) in [5, 5.41) is 26.9. The van der Waals surface area contributed by atoms with E-state index in [0.29, 0.717) is 23.1 Å². The predicted octanol–water partition coefficient (Wildman–Crippen LogP) is 10.4. The lowest BCUT2D eigenvalue weighted by atomic mass is 10.1. The van der Waals surface area contributed by atoms with Crippen LogP contribution < -0.4 is 30.7 Å². The number of alkyl halides is 2. The van der Waals surface area contributed by atoms with E-state index in [1.807, 2.05) is 0 Å². The molecule has 16 nitrogen and oxygen atoms in total. The Hall–Kier alpha value is -6.72. The topological polar surface area (TPSA) is 218 Å². The van der Waals surface area contributed by atoms with Crippen molar-refractivity contribution in [3.63, 3.8) is 0 Å². The molecule has 0 saturated heterocycles. The Balaban J connectivity index is 1.29. The third kappa shape index (κ3) is 13.2. The number of ketones is 2. The maximum atomic E-state index is 13.5. The summed E-state index contributed by atoms with van der Waals surface area (Å²) in [5.74, 6) is -3.52. The number of anilines is 4. The molecule has 330 valence electrons. The Bertz CT molecular complexity index is 2460. The van der Waals surface area contributed by atoms with Crippen LogP contribution in [0.4, 0.5) is 34.1 Å². The van der Waals surface area contributed by atoms with Gasteiger partial charge in [0.1, 0.15) is 11.5 Å². The van der Waals surface area contributed by atoms with Crippen LogP contribution in [-0.2, 0) is 30.9 Å². The highest BCUT2D eigenvalue weighted by molar-refractivity contribution is 6.31. The molecule has 5 aromatic rings. The molecule has 0 aliphatic heterocycles. The zero-order chi connectivity index (χ0) is 46.5. The Labute approximate surface area is 386 Å². The second-order valence-corrected chi connectivity index (χ2v) is 15.1. The van der Waals surface area contributed by atoms with Crippen molar-refractivity contribution in [3.8, 4) is 11.5 Å². The summed E-state index contributed by atoms with van der Waals surface area (Å²) >= 11 is 24.2. The molecule has 64 heavy (non-hydrogen) atoms. The number of rotatable bonds is 18. The molecule has 4 amide bonds. The van der Waals surface area contributed by atoms with Gasteiger partial charge in [0.15, 0.2) is 11.6 Å². The number of ether oxygens (including phenoxy) is 2. The van der Waals surface area contributed by atoms with Crippen LogP contribution in [0.2, 0.25) is 10.0 Å². The third-order valence-electron chi connectivity index (χ3n) is 8.90. The van der Waals surface area contributed by atoms with E-state index < -0.39 is 47.3 Å². The van der Waals surface area contributed by atoms with Gasteiger partial charge in [0, 0.05) is 56.4 Å². The van der Waals surface area contributed by atoms with E-state index >= 15 is 0 Å². The van der Waals surface area contributed by atoms with E-state index in [9.17, 15) is 28.8 Å². The van der Waals surface area contributed by atoms with Gasteiger partial charge >= 0.3 is 0 Å². The van der Waals surface area contributed by atoms with E-state index in [4.69, 9.17) is 55.9 Å². The van der Waals surface area contributed by atoms with E-state index in [0.717, 1.165) is 25.0 Å². The Kier molecular flexibility index (Phi) is 17.0. The lowest BCUT2D eigenvalue weighted by Crippen LogP contribution is -2.32. The number of amides is 4. The van der Waals surface area contributed by atoms with Gasteiger partial charge in [-0.1, -0.05) is 47.5 Å². The molecular formula is C44H38Cl4N8O8. The van der Waals surface area contributed by atoms with Crippen molar-refractivity contribution in [2.75, 3.05) is 35.5 Å². The van der Waals surface area contributed by atoms with Crippen LogP contribution >= 0.6 is 46.4 Å². The number of carbonyl (C=O) groups is 6. The van der Waals surface area contributed by atoms with Gasteiger partial charge in [-0.15, -0.1) is 23.2 Å². The van der Waals surface area contributed by atoms with Crippen molar-refractivity contribution >= 4 is 116 Å². The summed E-state index contributed by atoms with van der Waals surface area (Å²) in [5.41, 5.74) is 3.24. The molecule has 0 radical (unpaired) electrons. The van der Waals surface area contributed by atoms with Gasteiger partial charge in [0.05, 0.1) is 37.0 Å².